The van der Waals surface area contributed by atoms with Crippen LogP contribution in [0.3, 0.4) is 0 Å². The molecule has 0 aliphatic carbocycles. The summed E-state index contributed by atoms with van der Waals surface area (Å²) >= 11 is 0. The zero-order valence-electron chi connectivity index (χ0n) is 8.93. The number of ether oxygens (including phenoxy) is 1. The van der Waals surface area contributed by atoms with Crippen molar-refractivity contribution in [2.75, 3.05) is 0 Å². The van der Waals surface area contributed by atoms with E-state index in [-0.39, 0.29) is 24.0 Å². The van der Waals surface area contributed by atoms with Crippen molar-refractivity contribution in [3.05, 3.63) is 17.0 Å². The zero-order chi connectivity index (χ0) is 12.3. The van der Waals surface area contributed by atoms with Crippen molar-refractivity contribution in [2.24, 2.45) is 0 Å². The average Bonchev–Trinajstić information content (AvgIpc) is 2.56. The fourth-order valence-corrected chi connectivity index (χ4v) is 1.18. The van der Waals surface area contributed by atoms with Crippen LogP contribution in [-0.4, -0.2) is 21.4 Å². The summed E-state index contributed by atoms with van der Waals surface area (Å²) < 4.78 is 42.4. The van der Waals surface area contributed by atoms with Gasteiger partial charge in [-0.1, -0.05) is 0 Å². The highest BCUT2D eigenvalue weighted by atomic mass is 19.4. The third-order valence-corrected chi connectivity index (χ3v) is 1.94. The smallest absolute Gasteiger partial charge is 0.392 e. The molecule has 16 heavy (non-hydrogen) atoms. The number of halogens is 3. The van der Waals surface area contributed by atoms with E-state index < -0.39 is 18.5 Å². The van der Waals surface area contributed by atoms with Crippen molar-refractivity contribution in [1.82, 2.24) is 10.2 Å². The number of aromatic amines is 1. The van der Waals surface area contributed by atoms with Gasteiger partial charge in [0, 0.05) is 5.56 Å². The van der Waals surface area contributed by atoms with Gasteiger partial charge in [-0.25, -0.2) is 0 Å². The van der Waals surface area contributed by atoms with E-state index in [4.69, 9.17) is 9.84 Å². The highest BCUT2D eigenvalue weighted by molar-refractivity contribution is 5.26. The largest absolute Gasteiger partial charge is 0.435 e. The Hall–Kier alpha value is -1.08. The summed E-state index contributed by atoms with van der Waals surface area (Å²) in [6.07, 6.45) is -4.67. The first kappa shape index (κ1) is 13.0. The predicted molar refractivity (Wildman–Crippen MR) is 49.4 cm³/mol. The van der Waals surface area contributed by atoms with Gasteiger partial charge in [-0.3, -0.25) is 5.10 Å². The van der Waals surface area contributed by atoms with E-state index in [2.05, 4.69) is 10.2 Å². The molecule has 0 spiro atoms. The third-order valence-electron chi connectivity index (χ3n) is 1.94. The summed E-state index contributed by atoms with van der Waals surface area (Å²) in [5.74, 6) is 0. The van der Waals surface area contributed by atoms with E-state index in [9.17, 15) is 13.2 Å². The molecule has 0 saturated carbocycles. The number of hydrogen-bond donors (Lipinski definition) is 2. The first-order chi connectivity index (χ1) is 7.36. The van der Waals surface area contributed by atoms with Crippen LogP contribution >= 0.6 is 0 Å². The van der Waals surface area contributed by atoms with E-state index in [0.717, 1.165) is 0 Å². The minimum atomic E-state index is -4.56. The lowest BCUT2D eigenvalue weighted by Crippen LogP contribution is -2.10. The van der Waals surface area contributed by atoms with Crippen LogP contribution in [-0.2, 0) is 24.1 Å². The van der Waals surface area contributed by atoms with Gasteiger partial charge in [0.05, 0.1) is 25.0 Å². The molecule has 0 aromatic carbocycles. The molecule has 0 aliphatic rings. The van der Waals surface area contributed by atoms with E-state index in [0.29, 0.717) is 0 Å². The lowest BCUT2D eigenvalue weighted by atomic mass is 10.2. The first-order valence-corrected chi connectivity index (χ1v) is 4.72. The van der Waals surface area contributed by atoms with Gasteiger partial charge in [-0.15, -0.1) is 0 Å². The van der Waals surface area contributed by atoms with Crippen molar-refractivity contribution in [2.45, 2.75) is 39.3 Å². The summed E-state index contributed by atoms with van der Waals surface area (Å²) in [4.78, 5) is 0. The molecule has 1 heterocycles. The molecular weight excluding hydrogens is 225 g/mol. The van der Waals surface area contributed by atoms with E-state index in [1.54, 1.807) is 13.8 Å². The van der Waals surface area contributed by atoms with Crippen LogP contribution in [0.5, 0.6) is 0 Å². The quantitative estimate of drug-likeness (QED) is 0.841. The van der Waals surface area contributed by atoms with Crippen LogP contribution in [0.2, 0.25) is 0 Å². The number of aliphatic hydroxyl groups excluding tert-OH is 1. The molecule has 1 aromatic rings. The predicted octanol–water partition coefficient (Wildman–Crippen LogP) is 1.85. The Labute approximate surface area is 90.4 Å². The van der Waals surface area contributed by atoms with Crippen LogP contribution < -0.4 is 0 Å². The lowest BCUT2D eigenvalue weighted by Gasteiger charge is -2.08. The molecule has 0 fully saturated rings. The van der Waals surface area contributed by atoms with Gasteiger partial charge in [-0.2, -0.15) is 18.3 Å². The third kappa shape index (κ3) is 2.96. The van der Waals surface area contributed by atoms with E-state index in [1.165, 1.54) is 0 Å². The van der Waals surface area contributed by atoms with Gasteiger partial charge < -0.3 is 9.84 Å². The van der Waals surface area contributed by atoms with Crippen LogP contribution in [0.4, 0.5) is 13.2 Å². The van der Waals surface area contributed by atoms with Crippen LogP contribution in [0.1, 0.15) is 30.8 Å². The molecule has 7 heteroatoms. The summed E-state index contributed by atoms with van der Waals surface area (Å²) in [6, 6.07) is 0. The lowest BCUT2D eigenvalue weighted by molar-refractivity contribution is -0.142. The Morgan fingerprint density at radius 1 is 1.44 bits per heavy atom. The Morgan fingerprint density at radius 3 is 2.50 bits per heavy atom. The second-order valence-electron chi connectivity index (χ2n) is 3.54. The molecule has 4 nitrogen and oxygen atoms in total. The van der Waals surface area contributed by atoms with Crippen molar-refractivity contribution in [1.29, 1.82) is 0 Å². The van der Waals surface area contributed by atoms with Gasteiger partial charge in [0.2, 0.25) is 0 Å². The Kier molecular flexibility index (Phi) is 3.93. The number of alkyl halides is 3. The standard InChI is InChI=1S/C9H13F3N2O2/c1-5(2)16-4-7-6(3-15)8(14-13-7)9(10,11)12/h5,15H,3-4H2,1-2H3,(H,13,14). The fourth-order valence-electron chi connectivity index (χ4n) is 1.18. The molecule has 1 aromatic heterocycles. The number of nitrogens with zero attached hydrogens (tertiary/aromatic N) is 1. The summed E-state index contributed by atoms with van der Waals surface area (Å²) in [7, 11) is 0. The molecule has 0 bridgehead atoms. The monoisotopic (exact) mass is 238 g/mol. The number of nitrogens with one attached hydrogen (secondary N) is 1. The summed E-state index contributed by atoms with van der Waals surface area (Å²) in [5.41, 5.74) is -1.19. The fraction of sp³-hybridized carbons (Fsp3) is 0.667. The molecule has 0 saturated heterocycles. The highest BCUT2D eigenvalue weighted by Gasteiger charge is 2.37. The maximum Gasteiger partial charge on any atom is 0.435 e. The number of rotatable bonds is 4. The van der Waals surface area contributed by atoms with Gasteiger partial charge in [0.25, 0.3) is 0 Å². The van der Waals surface area contributed by atoms with Crippen molar-refractivity contribution < 1.29 is 23.0 Å². The Balaban J connectivity index is 2.91. The number of aliphatic hydroxyl groups is 1. The molecule has 0 amide bonds. The van der Waals surface area contributed by atoms with Crippen LogP contribution in [0.25, 0.3) is 0 Å². The molecule has 0 aliphatic heterocycles. The first-order valence-electron chi connectivity index (χ1n) is 4.72. The zero-order valence-corrected chi connectivity index (χ0v) is 8.93. The minimum Gasteiger partial charge on any atom is -0.392 e. The van der Waals surface area contributed by atoms with E-state index in [1.807, 2.05) is 0 Å². The molecule has 0 atom stereocenters. The summed E-state index contributed by atoms with van der Waals surface area (Å²) in [6.45, 7) is 2.78. The summed E-state index contributed by atoms with van der Waals surface area (Å²) in [5, 5.41) is 14.3. The van der Waals surface area contributed by atoms with Crippen LogP contribution in [0.15, 0.2) is 0 Å². The highest BCUT2D eigenvalue weighted by Crippen LogP contribution is 2.31. The van der Waals surface area contributed by atoms with Gasteiger partial charge in [0.15, 0.2) is 5.69 Å². The average molecular weight is 238 g/mol. The van der Waals surface area contributed by atoms with Gasteiger partial charge >= 0.3 is 6.18 Å². The maximum absolute atomic E-state index is 12.4. The molecule has 2 N–H and O–H groups in total. The molecule has 0 radical (unpaired) electrons. The Bertz CT molecular complexity index is 347. The number of aromatic nitrogens is 2. The minimum absolute atomic E-state index is 0.0311. The van der Waals surface area contributed by atoms with Gasteiger partial charge in [-0.05, 0) is 13.8 Å². The molecular formula is C9H13F3N2O2. The second kappa shape index (κ2) is 4.84. The SMILES string of the molecule is CC(C)OCc1[nH]nc(C(F)(F)F)c1CO. The number of H-pyrrole nitrogens is 1. The maximum atomic E-state index is 12.4. The normalized spacial score (nSPS) is 12.4. The molecule has 0 unspecified atom stereocenters. The van der Waals surface area contributed by atoms with Crippen molar-refractivity contribution in [3.8, 4) is 0 Å². The second-order valence-corrected chi connectivity index (χ2v) is 3.54. The van der Waals surface area contributed by atoms with E-state index >= 15 is 0 Å². The van der Waals surface area contributed by atoms with Gasteiger partial charge in [0.1, 0.15) is 0 Å². The molecule has 1 rings (SSSR count). The number of hydrogen-bond acceptors (Lipinski definition) is 3. The van der Waals surface area contributed by atoms with Crippen molar-refractivity contribution >= 4 is 0 Å². The van der Waals surface area contributed by atoms with Crippen molar-refractivity contribution in [3.63, 3.8) is 0 Å². The Morgan fingerprint density at radius 2 is 2.06 bits per heavy atom. The topological polar surface area (TPSA) is 58.1 Å². The molecule has 92 valence electrons. The van der Waals surface area contributed by atoms with Crippen LogP contribution in [0, 0.1) is 0 Å².